The monoisotopic (exact) mass is 561 g/mol. The molecule has 0 amide bonds. The van der Waals surface area contributed by atoms with Gasteiger partial charge in [-0.3, -0.25) is 4.79 Å². The van der Waals surface area contributed by atoms with Crippen molar-refractivity contribution in [1.29, 1.82) is 0 Å². The zero-order valence-electron chi connectivity index (χ0n) is 25.4. The summed E-state index contributed by atoms with van der Waals surface area (Å²) >= 11 is 6.72. The second-order valence-corrected chi connectivity index (χ2v) is 16.6. The van der Waals surface area contributed by atoms with E-state index in [0.29, 0.717) is 23.7 Å². The number of hydrogen-bond donors (Lipinski definition) is 2. The third-order valence-electron chi connectivity index (χ3n) is 14.7. The number of fused-ring (bicyclic) bond motifs is 10. The number of hydrogen-bond acceptors (Lipinski definition) is 1. The molecule has 1 aromatic heterocycles. The van der Waals surface area contributed by atoms with Gasteiger partial charge in [0.25, 0.3) is 0 Å². The minimum atomic E-state index is -0.552. The molecule has 1 aromatic carbocycles. The minimum absolute atomic E-state index is 0.0469. The maximum absolute atomic E-state index is 13.0. The summed E-state index contributed by atoms with van der Waals surface area (Å²) in [7, 11) is 0. The number of aromatic amines is 1. The molecule has 0 bridgehead atoms. The summed E-state index contributed by atoms with van der Waals surface area (Å²) in [6.45, 7) is 19.4. The zero-order chi connectivity index (χ0) is 28.6. The van der Waals surface area contributed by atoms with E-state index in [0.717, 1.165) is 49.1 Å². The van der Waals surface area contributed by atoms with Crippen LogP contribution in [-0.4, -0.2) is 16.1 Å². The number of H-pyrrole nitrogens is 1. The lowest BCUT2D eigenvalue weighted by atomic mass is 9.32. The number of rotatable bonds is 2. The van der Waals surface area contributed by atoms with E-state index in [1.54, 1.807) is 0 Å². The SMILES string of the molecule is C=C(C)[C@@H]1CC[C@]2(C(=O)O)CC[C@]3(C)C(CCC4[C@@]5(C)Cc6c([nH]c7c(Cl)cccc67)C(C)(C)C5CC[C@]43C)C12. The summed E-state index contributed by atoms with van der Waals surface area (Å²) in [5.41, 5.74) is 5.25. The molecule has 5 aliphatic carbocycles. The van der Waals surface area contributed by atoms with E-state index in [-0.39, 0.29) is 27.6 Å². The number of benzene rings is 1. The largest absolute Gasteiger partial charge is 0.481 e. The molecule has 4 heteroatoms. The van der Waals surface area contributed by atoms with Gasteiger partial charge in [-0.05, 0) is 122 Å². The van der Waals surface area contributed by atoms with Crippen molar-refractivity contribution in [2.24, 2.45) is 51.2 Å². The highest BCUT2D eigenvalue weighted by Gasteiger charge is 2.72. The molecule has 2 N–H and O–H groups in total. The van der Waals surface area contributed by atoms with Crippen LogP contribution in [0.3, 0.4) is 0 Å². The first-order valence-corrected chi connectivity index (χ1v) is 16.3. The van der Waals surface area contributed by atoms with E-state index in [2.05, 4.69) is 65.2 Å². The molecule has 40 heavy (non-hydrogen) atoms. The lowest BCUT2D eigenvalue weighted by Gasteiger charge is -2.72. The summed E-state index contributed by atoms with van der Waals surface area (Å²) in [6.07, 6.45) is 9.68. The number of nitrogens with one attached hydrogen (secondary N) is 1. The number of carboxylic acid groups (broad SMARTS) is 1. The van der Waals surface area contributed by atoms with E-state index in [9.17, 15) is 9.90 Å². The predicted molar refractivity (Wildman–Crippen MR) is 164 cm³/mol. The van der Waals surface area contributed by atoms with Crippen molar-refractivity contribution in [2.45, 2.75) is 105 Å². The van der Waals surface area contributed by atoms with E-state index < -0.39 is 11.4 Å². The van der Waals surface area contributed by atoms with Crippen LogP contribution >= 0.6 is 11.6 Å². The normalized spacial score (nSPS) is 45.1. The van der Waals surface area contributed by atoms with Crippen LogP contribution in [0.2, 0.25) is 5.02 Å². The van der Waals surface area contributed by atoms with Gasteiger partial charge in [0.2, 0.25) is 0 Å². The fourth-order valence-electron chi connectivity index (χ4n) is 12.8. The highest BCUT2D eigenvalue weighted by atomic mass is 35.5. The number of carbonyl (C=O) groups is 1. The third kappa shape index (κ3) is 3.02. The van der Waals surface area contributed by atoms with Gasteiger partial charge in [0, 0.05) is 16.5 Å². The molecule has 9 atom stereocenters. The maximum atomic E-state index is 13.0. The minimum Gasteiger partial charge on any atom is -0.481 e. The average molecular weight is 562 g/mol. The second-order valence-electron chi connectivity index (χ2n) is 16.2. The van der Waals surface area contributed by atoms with Gasteiger partial charge in [-0.2, -0.15) is 0 Å². The molecule has 0 aliphatic heterocycles. The Morgan fingerprint density at radius 2 is 1.73 bits per heavy atom. The fraction of sp³-hybridized carbons (Fsp3) is 0.694. The van der Waals surface area contributed by atoms with E-state index in [1.165, 1.54) is 41.5 Å². The molecule has 0 saturated heterocycles. The molecule has 2 aromatic rings. The van der Waals surface area contributed by atoms with Gasteiger partial charge in [-0.1, -0.05) is 70.5 Å². The standard InChI is InChI=1S/C36H48ClNO2/c1-20(2)21-13-16-36(31(39)40)18-17-34(6)24(28(21)36)11-12-27-33(5)19-23-22-9-8-10-25(37)29(22)38-30(23)32(3,4)26(33)14-15-35(27,34)7/h8-10,21,24,26-28,38H,1,11-19H2,2-7H3,(H,39,40)/t21-,24?,26?,27?,28?,33-,34+,35+,36-/m0/s1. The number of halogens is 1. The van der Waals surface area contributed by atoms with Gasteiger partial charge in [0.05, 0.1) is 16.0 Å². The Bertz CT molecular complexity index is 1440. The Morgan fingerprint density at radius 1 is 0.975 bits per heavy atom. The van der Waals surface area contributed by atoms with Crippen LogP contribution in [0, 0.1) is 51.2 Å². The molecule has 4 saturated carbocycles. The second kappa shape index (κ2) is 8.21. The Balaban J connectivity index is 1.34. The molecule has 5 aliphatic rings. The molecule has 7 rings (SSSR count). The van der Waals surface area contributed by atoms with E-state index in [4.69, 9.17) is 11.6 Å². The summed E-state index contributed by atoms with van der Waals surface area (Å²) in [4.78, 5) is 16.8. The Labute approximate surface area is 245 Å². The lowest BCUT2D eigenvalue weighted by molar-refractivity contribution is -0.227. The van der Waals surface area contributed by atoms with E-state index in [1.807, 2.05) is 6.07 Å². The third-order valence-corrected chi connectivity index (χ3v) is 15.0. The van der Waals surface area contributed by atoms with Gasteiger partial charge >= 0.3 is 5.97 Å². The van der Waals surface area contributed by atoms with Crippen molar-refractivity contribution in [2.75, 3.05) is 0 Å². The first-order chi connectivity index (χ1) is 18.7. The summed E-state index contributed by atoms with van der Waals surface area (Å²) in [5.74, 6) is 1.73. The van der Waals surface area contributed by atoms with Crippen molar-refractivity contribution in [3.63, 3.8) is 0 Å². The average Bonchev–Trinajstić information content (AvgIpc) is 3.46. The molecular formula is C36H48ClNO2. The highest BCUT2D eigenvalue weighted by Crippen LogP contribution is 2.77. The van der Waals surface area contributed by atoms with Crippen molar-refractivity contribution in [1.82, 2.24) is 4.98 Å². The lowest BCUT2D eigenvalue weighted by Crippen LogP contribution is -2.66. The molecular weight excluding hydrogens is 514 g/mol. The van der Waals surface area contributed by atoms with Crippen LogP contribution in [-0.2, 0) is 16.6 Å². The van der Waals surface area contributed by atoms with Gasteiger partial charge in [0.1, 0.15) is 0 Å². The van der Waals surface area contributed by atoms with Gasteiger partial charge in [-0.25, -0.2) is 0 Å². The molecule has 0 radical (unpaired) electrons. The number of aliphatic carboxylic acids is 1. The maximum Gasteiger partial charge on any atom is 0.309 e. The molecule has 0 spiro atoms. The Hall–Kier alpha value is -1.74. The van der Waals surface area contributed by atoms with Crippen LogP contribution in [0.4, 0.5) is 0 Å². The Morgan fingerprint density at radius 3 is 2.42 bits per heavy atom. The molecule has 1 heterocycles. The van der Waals surface area contributed by atoms with Crippen LogP contribution < -0.4 is 0 Å². The van der Waals surface area contributed by atoms with Crippen LogP contribution in [0.15, 0.2) is 30.4 Å². The Kier molecular flexibility index (Phi) is 5.56. The predicted octanol–water partition coefficient (Wildman–Crippen LogP) is 9.58. The van der Waals surface area contributed by atoms with E-state index >= 15 is 0 Å². The first-order valence-electron chi connectivity index (χ1n) is 15.9. The molecule has 216 valence electrons. The summed E-state index contributed by atoms with van der Waals surface area (Å²) in [5, 5.41) is 12.8. The van der Waals surface area contributed by atoms with Crippen molar-refractivity contribution < 1.29 is 9.90 Å². The van der Waals surface area contributed by atoms with Gasteiger partial charge < -0.3 is 10.1 Å². The highest BCUT2D eigenvalue weighted by molar-refractivity contribution is 6.35. The molecule has 4 unspecified atom stereocenters. The number of para-hydroxylation sites is 1. The summed E-state index contributed by atoms with van der Waals surface area (Å²) < 4.78 is 0. The smallest absolute Gasteiger partial charge is 0.309 e. The van der Waals surface area contributed by atoms with Crippen molar-refractivity contribution >= 4 is 28.5 Å². The van der Waals surface area contributed by atoms with Crippen LogP contribution in [0.1, 0.15) is 104 Å². The van der Waals surface area contributed by atoms with Crippen molar-refractivity contribution in [3.05, 3.63) is 46.6 Å². The zero-order valence-corrected chi connectivity index (χ0v) is 26.2. The molecule has 4 fully saturated rings. The number of allylic oxidation sites excluding steroid dienone is 1. The summed E-state index contributed by atoms with van der Waals surface area (Å²) in [6, 6.07) is 6.38. The first kappa shape index (κ1) is 27.1. The number of aromatic nitrogens is 1. The molecule has 3 nitrogen and oxygen atoms in total. The topological polar surface area (TPSA) is 53.1 Å². The quantitative estimate of drug-likeness (QED) is 0.358. The number of carboxylic acids is 1. The van der Waals surface area contributed by atoms with Crippen LogP contribution in [0.5, 0.6) is 0 Å². The van der Waals surface area contributed by atoms with Crippen LogP contribution in [0.25, 0.3) is 10.9 Å². The van der Waals surface area contributed by atoms with Gasteiger partial charge in [-0.15, -0.1) is 0 Å². The van der Waals surface area contributed by atoms with Gasteiger partial charge in [0.15, 0.2) is 0 Å². The fourth-order valence-corrected chi connectivity index (χ4v) is 13.1. The van der Waals surface area contributed by atoms with Crippen molar-refractivity contribution in [3.8, 4) is 0 Å².